The third kappa shape index (κ3) is 5.26. The maximum absolute atomic E-state index is 12.8. The summed E-state index contributed by atoms with van der Waals surface area (Å²) >= 11 is 1.60. The molecule has 1 aromatic heterocycles. The van der Waals surface area contributed by atoms with E-state index in [2.05, 4.69) is 29.2 Å². The lowest BCUT2D eigenvalue weighted by molar-refractivity contribution is 0.0526. The van der Waals surface area contributed by atoms with Gasteiger partial charge < -0.3 is 9.47 Å². The van der Waals surface area contributed by atoms with E-state index in [0.29, 0.717) is 18.8 Å². The zero-order valence-electron chi connectivity index (χ0n) is 18.5. The molecule has 0 aliphatic carbocycles. The van der Waals surface area contributed by atoms with Crippen molar-refractivity contribution in [2.45, 2.75) is 33.4 Å². The van der Waals surface area contributed by atoms with Crippen LogP contribution in [0.4, 0.5) is 5.00 Å². The van der Waals surface area contributed by atoms with Gasteiger partial charge >= 0.3 is 5.97 Å². The van der Waals surface area contributed by atoms with Gasteiger partial charge in [-0.3, -0.25) is 4.90 Å². The maximum Gasteiger partial charge on any atom is 0.341 e. The first-order chi connectivity index (χ1) is 15.7. The van der Waals surface area contributed by atoms with Crippen LogP contribution in [-0.2, 0) is 24.2 Å². The molecule has 1 aliphatic rings. The maximum atomic E-state index is 12.8. The zero-order valence-corrected chi connectivity index (χ0v) is 19.4. The molecule has 2 heterocycles. The highest BCUT2D eigenvalue weighted by atomic mass is 32.1. The standard InChI is InChI=1S/C26H28N2O3S/c1-3-30-21-12-10-19(11-13-21)16-27-25-24(26(29)31-4-2)22-14-15-28(18-23(22)32-25)17-20-8-6-5-7-9-20/h5-13,16H,3-4,14-15,17-18H2,1-2H3. The summed E-state index contributed by atoms with van der Waals surface area (Å²) in [5.74, 6) is 0.558. The quantitative estimate of drug-likeness (QED) is 0.331. The number of nitrogens with zero attached hydrogens (tertiary/aromatic N) is 2. The van der Waals surface area contributed by atoms with Crippen LogP contribution in [0.25, 0.3) is 0 Å². The molecular formula is C26H28N2O3S. The molecule has 0 radical (unpaired) electrons. The second-order valence-electron chi connectivity index (χ2n) is 7.61. The molecule has 0 unspecified atom stereocenters. The summed E-state index contributed by atoms with van der Waals surface area (Å²) in [7, 11) is 0. The molecule has 4 rings (SSSR count). The van der Waals surface area contributed by atoms with Crippen molar-refractivity contribution in [1.82, 2.24) is 4.90 Å². The smallest absolute Gasteiger partial charge is 0.341 e. The third-order valence-electron chi connectivity index (χ3n) is 5.37. The van der Waals surface area contributed by atoms with E-state index in [1.165, 1.54) is 10.4 Å². The van der Waals surface area contributed by atoms with Crippen LogP contribution in [-0.4, -0.2) is 36.8 Å². The zero-order chi connectivity index (χ0) is 22.3. The Morgan fingerprint density at radius 2 is 1.88 bits per heavy atom. The van der Waals surface area contributed by atoms with Gasteiger partial charge in [-0.05, 0) is 61.2 Å². The van der Waals surface area contributed by atoms with Crippen molar-refractivity contribution in [2.75, 3.05) is 19.8 Å². The predicted molar refractivity (Wildman–Crippen MR) is 129 cm³/mol. The molecule has 0 atom stereocenters. The lowest BCUT2D eigenvalue weighted by Gasteiger charge is -2.27. The molecule has 0 saturated heterocycles. The van der Waals surface area contributed by atoms with Gasteiger partial charge in [0.15, 0.2) is 0 Å². The molecule has 0 N–H and O–H groups in total. The van der Waals surface area contributed by atoms with E-state index in [9.17, 15) is 4.79 Å². The molecule has 5 nitrogen and oxygen atoms in total. The molecule has 0 spiro atoms. The van der Waals surface area contributed by atoms with Crippen molar-refractivity contribution in [2.24, 2.45) is 4.99 Å². The summed E-state index contributed by atoms with van der Waals surface area (Å²) < 4.78 is 10.9. The fourth-order valence-electron chi connectivity index (χ4n) is 3.87. The van der Waals surface area contributed by atoms with Crippen LogP contribution >= 0.6 is 11.3 Å². The average molecular weight is 449 g/mol. The Labute approximate surface area is 193 Å². The number of aliphatic imine (C=N–C) groups is 1. The van der Waals surface area contributed by atoms with Gasteiger partial charge in [0, 0.05) is 30.7 Å². The summed E-state index contributed by atoms with van der Waals surface area (Å²) in [6.07, 6.45) is 2.63. The number of carbonyl (C=O) groups excluding carboxylic acids is 1. The van der Waals surface area contributed by atoms with Crippen LogP contribution < -0.4 is 4.74 Å². The second-order valence-corrected chi connectivity index (χ2v) is 8.69. The Balaban J connectivity index is 1.57. The SMILES string of the molecule is CCOC(=O)c1c(N=Cc2ccc(OCC)cc2)sc2c1CCN(Cc1ccccc1)C2. The van der Waals surface area contributed by atoms with Crippen LogP contribution in [0, 0.1) is 0 Å². The van der Waals surface area contributed by atoms with Crippen molar-refractivity contribution in [1.29, 1.82) is 0 Å². The van der Waals surface area contributed by atoms with E-state index in [-0.39, 0.29) is 5.97 Å². The minimum atomic E-state index is -0.277. The van der Waals surface area contributed by atoms with Crippen LogP contribution in [0.2, 0.25) is 0 Å². The van der Waals surface area contributed by atoms with E-state index in [4.69, 9.17) is 14.5 Å². The minimum absolute atomic E-state index is 0.277. The summed E-state index contributed by atoms with van der Waals surface area (Å²) in [5, 5.41) is 0.726. The predicted octanol–water partition coefficient (Wildman–Crippen LogP) is 5.63. The summed E-state index contributed by atoms with van der Waals surface area (Å²) in [5.41, 5.74) is 3.98. The van der Waals surface area contributed by atoms with Gasteiger partial charge in [-0.25, -0.2) is 9.79 Å². The van der Waals surface area contributed by atoms with E-state index < -0.39 is 0 Å². The largest absolute Gasteiger partial charge is 0.494 e. The first-order valence-electron chi connectivity index (χ1n) is 11.0. The lowest BCUT2D eigenvalue weighted by atomic mass is 10.0. The highest BCUT2D eigenvalue weighted by Gasteiger charge is 2.28. The van der Waals surface area contributed by atoms with Crippen molar-refractivity contribution >= 4 is 28.5 Å². The highest BCUT2D eigenvalue weighted by molar-refractivity contribution is 7.16. The molecule has 166 valence electrons. The average Bonchev–Trinajstić information content (AvgIpc) is 3.17. The van der Waals surface area contributed by atoms with Gasteiger partial charge in [0.05, 0.1) is 18.8 Å². The second kappa shape index (κ2) is 10.6. The Morgan fingerprint density at radius 1 is 1.09 bits per heavy atom. The molecule has 0 fully saturated rings. The van der Waals surface area contributed by atoms with Gasteiger partial charge in [-0.15, -0.1) is 11.3 Å². The molecule has 0 amide bonds. The molecular weight excluding hydrogens is 420 g/mol. The van der Waals surface area contributed by atoms with E-state index in [1.807, 2.05) is 44.2 Å². The fraction of sp³-hybridized carbons (Fsp3) is 0.308. The van der Waals surface area contributed by atoms with E-state index >= 15 is 0 Å². The molecule has 32 heavy (non-hydrogen) atoms. The van der Waals surface area contributed by atoms with Gasteiger partial charge in [0.2, 0.25) is 0 Å². The van der Waals surface area contributed by atoms with Gasteiger partial charge in [-0.1, -0.05) is 30.3 Å². The number of thiophene rings is 1. The van der Waals surface area contributed by atoms with Gasteiger partial charge in [0.25, 0.3) is 0 Å². The van der Waals surface area contributed by atoms with E-state index in [1.54, 1.807) is 17.6 Å². The number of ether oxygens (including phenoxy) is 2. The molecule has 3 aromatic rings. The van der Waals surface area contributed by atoms with Crippen LogP contribution in [0.1, 0.15) is 45.8 Å². The molecule has 0 bridgehead atoms. The fourth-order valence-corrected chi connectivity index (χ4v) is 5.10. The van der Waals surface area contributed by atoms with Gasteiger partial charge in [-0.2, -0.15) is 0 Å². The van der Waals surface area contributed by atoms with Crippen LogP contribution in [0.5, 0.6) is 5.75 Å². The normalized spacial score (nSPS) is 13.8. The number of hydrogen-bond donors (Lipinski definition) is 0. The van der Waals surface area contributed by atoms with Crippen molar-refractivity contribution < 1.29 is 14.3 Å². The first-order valence-corrected chi connectivity index (χ1v) is 11.8. The van der Waals surface area contributed by atoms with Crippen molar-refractivity contribution in [3.63, 3.8) is 0 Å². The monoisotopic (exact) mass is 448 g/mol. The minimum Gasteiger partial charge on any atom is -0.494 e. The number of carbonyl (C=O) groups is 1. The Kier molecular flexibility index (Phi) is 7.35. The van der Waals surface area contributed by atoms with Crippen molar-refractivity contribution in [3.05, 3.63) is 81.7 Å². The number of benzene rings is 2. The highest BCUT2D eigenvalue weighted by Crippen LogP contribution is 2.39. The Morgan fingerprint density at radius 3 is 2.59 bits per heavy atom. The number of rotatable bonds is 8. The topological polar surface area (TPSA) is 51.1 Å². The molecule has 0 saturated carbocycles. The van der Waals surface area contributed by atoms with Crippen molar-refractivity contribution in [3.8, 4) is 5.75 Å². The van der Waals surface area contributed by atoms with Crippen LogP contribution in [0.3, 0.4) is 0 Å². The Hall–Kier alpha value is -2.96. The van der Waals surface area contributed by atoms with Gasteiger partial charge in [0.1, 0.15) is 10.8 Å². The van der Waals surface area contributed by atoms with Crippen LogP contribution in [0.15, 0.2) is 59.6 Å². The number of hydrogen-bond acceptors (Lipinski definition) is 6. The number of esters is 1. The summed E-state index contributed by atoms with van der Waals surface area (Å²) in [4.78, 5) is 21.1. The molecule has 6 heteroatoms. The first kappa shape index (κ1) is 22.2. The number of fused-ring (bicyclic) bond motifs is 1. The third-order valence-corrected chi connectivity index (χ3v) is 6.49. The molecule has 1 aliphatic heterocycles. The summed E-state index contributed by atoms with van der Waals surface area (Å²) in [6, 6.07) is 18.3. The van der Waals surface area contributed by atoms with E-state index in [0.717, 1.165) is 47.9 Å². The summed E-state index contributed by atoms with van der Waals surface area (Å²) in [6.45, 7) is 7.42. The molecule has 2 aromatic carbocycles. The lowest BCUT2D eigenvalue weighted by Crippen LogP contribution is -2.29. The Bertz CT molecular complexity index is 1070.